The van der Waals surface area contributed by atoms with Crippen LogP contribution in [-0.2, 0) is 4.79 Å². The minimum absolute atomic E-state index is 0.0280. The number of para-hydroxylation sites is 1. The van der Waals surface area contributed by atoms with Crippen LogP contribution in [0.4, 0.5) is 5.69 Å². The van der Waals surface area contributed by atoms with Gasteiger partial charge in [-0.2, -0.15) is 0 Å². The predicted octanol–water partition coefficient (Wildman–Crippen LogP) is 2.73. The number of rotatable bonds is 5. The van der Waals surface area contributed by atoms with E-state index in [9.17, 15) is 4.79 Å². The molecular formula is C20H24N2O3. The summed E-state index contributed by atoms with van der Waals surface area (Å²) in [6.07, 6.45) is 0. The van der Waals surface area contributed by atoms with Crippen LogP contribution in [0.3, 0.4) is 0 Å². The van der Waals surface area contributed by atoms with Crippen molar-refractivity contribution in [2.24, 2.45) is 0 Å². The molecule has 1 saturated heterocycles. The molecule has 1 heterocycles. The van der Waals surface area contributed by atoms with Gasteiger partial charge in [-0.15, -0.1) is 0 Å². The van der Waals surface area contributed by atoms with E-state index in [0.29, 0.717) is 5.75 Å². The second-order valence-electron chi connectivity index (χ2n) is 6.12. The standard InChI is InChI=1S/C20H24N2O3/c1-16-5-3-4-6-19(16)21-11-13-22(14-12-21)20(23)15-25-18-9-7-17(24-2)8-10-18/h3-10H,11-15H2,1-2H3. The quantitative estimate of drug-likeness (QED) is 0.839. The van der Waals surface area contributed by atoms with Gasteiger partial charge in [-0.3, -0.25) is 4.79 Å². The van der Waals surface area contributed by atoms with Crippen LogP contribution in [0, 0.1) is 6.92 Å². The van der Waals surface area contributed by atoms with Gasteiger partial charge in [0.15, 0.2) is 6.61 Å². The number of benzene rings is 2. The Labute approximate surface area is 148 Å². The molecule has 0 spiro atoms. The molecular weight excluding hydrogens is 316 g/mol. The Morgan fingerprint density at radius 2 is 1.60 bits per heavy atom. The van der Waals surface area contributed by atoms with Gasteiger partial charge in [-0.05, 0) is 42.8 Å². The third-order valence-corrected chi connectivity index (χ3v) is 4.51. The van der Waals surface area contributed by atoms with Crippen molar-refractivity contribution in [3.05, 3.63) is 54.1 Å². The van der Waals surface area contributed by atoms with Crippen LogP contribution in [0.1, 0.15) is 5.56 Å². The summed E-state index contributed by atoms with van der Waals surface area (Å²) in [7, 11) is 1.62. The molecule has 1 fully saturated rings. The Hall–Kier alpha value is -2.69. The molecule has 0 saturated carbocycles. The van der Waals surface area contributed by atoms with E-state index in [1.165, 1.54) is 11.3 Å². The Bertz CT molecular complexity index is 707. The Morgan fingerprint density at radius 1 is 0.960 bits per heavy atom. The molecule has 0 N–H and O–H groups in total. The predicted molar refractivity (Wildman–Crippen MR) is 98.5 cm³/mol. The summed E-state index contributed by atoms with van der Waals surface area (Å²) >= 11 is 0. The van der Waals surface area contributed by atoms with E-state index in [2.05, 4.69) is 36.1 Å². The van der Waals surface area contributed by atoms with Crippen molar-refractivity contribution < 1.29 is 14.3 Å². The highest BCUT2D eigenvalue weighted by Crippen LogP contribution is 2.21. The van der Waals surface area contributed by atoms with Crippen molar-refractivity contribution in [3.63, 3.8) is 0 Å². The van der Waals surface area contributed by atoms with Gasteiger partial charge in [0, 0.05) is 31.9 Å². The first kappa shape index (κ1) is 17.1. The lowest BCUT2D eigenvalue weighted by Crippen LogP contribution is -2.50. The van der Waals surface area contributed by atoms with Gasteiger partial charge in [0.1, 0.15) is 11.5 Å². The number of carbonyl (C=O) groups is 1. The number of hydrogen-bond donors (Lipinski definition) is 0. The number of anilines is 1. The SMILES string of the molecule is COc1ccc(OCC(=O)N2CCN(c3ccccc3C)CC2)cc1. The Kier molecular flexibility index (Phi) is 5.43. The minimum atomic E-state index is 0.0280. The van der Waals surface area contributed by atoms with Crippen LogP contribution >= 0.6 is 0 Å². The summed E-state index contributed by atoms with van der Waals surface area (Å²) < 4.78 is 10.7. The fourth-order valence-electron chi connectivity index (χ4n) is 3.02. The number of amides is 1. The first-order valence-corrected chi connectivity index (χ1v) is 8.52. The molecule has 5 nitrogen and oxygen atoms in total. The maximum absolute atomic E-state index is 12.4. The summed E-state index contributed by atoms with van der Waals surface area (Å²) in [5.74, 6) is 1.47. The zero-order valence-corrected chi connectivity index (χ0v) is 14.8. The van der Waals surface area contributed by atoms with Crippen LogP contribution in [0.2, 0.25) is 0 Å². The number of aryl methyl sites for hydroxylation is 1. The summed E-state index contributed by atoms with van der Waals surface area (Å²) in [4.78, 5) is 16.6. The molecule has 0 bridgehead atoms. The fourth-order valence-corrected chi connectivity index (χ4v) is 3.02. The average Bonchev–Trinajstić information content (AvgIpc) is 2.67. The van der Waals surface area contributed by atoms with E-state index in [0.717, 1.165) is 31.9 Å². The lowest BCUT2D eigenvalue weighted by Gasteiger charge is -2.36. The molecule has 2 aromatic carbocycles. The highest BCUT2D eigenvalue weighted by molar-refractivity contribution is 5.78. The second-order valence-corrected chi connectivity index (χ2v) is 6.12. The number of piperazine rings is 1. The zero-order valence-electron chi connectivity index (χ0n) is 14.8. The van der Waals surface area contributed by atoms with Crippen LogP contribution < -0.4 is 14.4 Å². The molecule has 1 amide bonds. The van der Waals surface area contributed by atoms with Gasteiger partial charge in [-0.1, -0.05) is 18.2 Å². The molecule has 0 radical (unpaired) electrons. The molecule has 0 atom stereocenters. The summed E-state index contributed by atoms with van der Waals surface area (Å²) in [6, 6.07) is 15.6. The van der Waals surface area contributed by atoms with E-state index in [-0.39, 0.29) is 12.5 Å². The molecule has 25 heavy (non-hydrogen) atoms. The first-order chi connectivity index (χ1) is 12.2. The van der Waals surface area contributed by atoms with Crippen molar-refractivity contribution in [1.82, 2.24) is 4.90 Å². The number of ether oxygens (including phenoxy) is 2. The molecule has 132 valence electrons. The van der Waals surface area contributed by atoms with Crippen molar-refractivity contribution in [2.75, 3.05) is 44.8 Å². The van der Waals surface area contributed by atoms with Gasteiger partial charge in [0.05, 0.1) is 7.11 Å². The van der Waals surface area contributed by atoms with Crippen LogP contribution in [0.15, 0.2) is 48.5 Å². The Morgan fingerprint density at radius 3 is 2.24 bits per heavy atom. The van der Waals surface area contributed by atoms with Crippen LogP contribution in [0.25, 0.3) is 0 Å². The van der Waals surface area contributed by atoms with Gasteiger partial charge in [0.25, 0.3) is 5.91 Å². The van der Waals surface area contributed by atoms with Gasteiger partial charge in [0.2, 0.25) is 0 Å². The topological polar surface area (TPSA) is 42.0 Å². The monoisotopic (exact) mass is 340 g/mol. The maximum Gasteiger partial charge on any atom is 0.260 e. The van der Waals surface area contributed by atoms with Crippen molar-refractivity contribution in [2.45, 2.75) is 6.92 Å². The van der Waals surface area contributed by atoms with E-state index in [1.807, 2.05) is 29.2 Å². The second kappa shape index (κ2) is 7.92. The number of nitrogens with zero attached hydrogens (tertiary/aromatic N) is 2. The van der Waals surface area contributed by atoms with Crippen molar-refractivity contribution in [1.29, 1.82) is 0 Å². The lowest BCUT2D eigenvalue weighted by molar-refractivity contribution is -0.133. The third-order valence-electron chi connectivity index (χ3n) is 4.51. The summed E-state index contributed by atoms with van der Waals surface area (Å²) in [5, 5.41) is 0. The van der Waals surface area contributed by atoms with E-state index < -0.39 is 0 Å². The van der Waals surface area contributed by atoms with Crippen LogP contribution in [0.5, 0.6) is 11.5 Å². The molecule has 0 unspecified atom stereocenters. The maximum atomic E-state index is 12.4. The van der Waals surface area contributed by atoms with E-state index in [1.54, 1.807) is 7.11 Å². The van der Waals surface area contributed by atoms with Gasteiger partial charge < -0.3 is 19.3 Å². The molecule has 0 aliphatic carbocycles. The third kappa shape index (κ3) is 4.24. The van der Waals surface area contributed by atoms with Gasteiger partial charge >= 0.3 is 0 Å². The van der Waals surface area contributed by atoms with Gasteiger partial charge in [-0.25, -0.2) is 0 Å². The molecule has 0 aromatic heterocycles. The normalized spacial score (nSPS) is 14.3. The van der Waals surface area contributed by atoms with E-state index >= 15 is 0 Å². The molecule has 1 aliphatic heterocycles. The van der Waals surface area contributed by atoms with Crippen molar-refractivity contribution >= 4 is 11.6 Å². The number of carbonyl (C=O) groups excluding carboxylic acids is 1. The number of methoxy groups -OCH3 is 1. The van der Waals surface area contributed by atoms with E-state index in [4.69, 9.17) is 9.47 Å². The largest absolute Gasteiger partial charge is 0.497 e. The zero-order chi connectivity index (χ0) is 17.6. The highest BCUT2D eigenvalue weighted by Gasteiger charge is 2.22. The molecule has 3 rings (SSSR count). The summed E-state index contributed by atoms with van der Waals surface area (Å²) in [6.45, 7) is 5.32. The minimum Gasteiger partial charge on any atom is -0.497 e. The van der Waals surface area contributed by atoms with Crippen LogP contribution in [-0.4, -0.2) is 50.7 Å². The summed E-state index contributed by atoms with van der Waals surface area (Å²) in [5.41, 5.74) is 2.52. The molecule has 1 aliphatic rings. The van der Waals surface area contributed by atoms with Crippen molar-refractivity contribution in [3.8, 4) is 11.5 Å². The fraction of sp³-hybridized carbons (Fsp3) is 0.350. The average molecular weight is 340 g/mol. The lowest BCUT2D eigenvalue weighted by atomic mass is 10.1. The number of hydrogen-bond acceptors (Lipinski definition) is 4. The molecule has 5 heteroatoms. The smallest absolute Gasteiger partial charge is 0.260 e. The first-order valence-electron chi connectivity index (χ1n) is 8.52. The molecule has 2 aromatic rings. The highest BCUT2D eigenvalue weighted by atomic mass is 16.5. The Balaban J connectivity index is 1.49.